The zero-order valence-corrected chi connectivity index (χ0v) is 20.1. The zero-order valence-electron chi connectivity index (χ0n) is 18.5. The first kappa shape index (κ1) is 21.9. The molecule has 0 radical (unpaired) electrons. The molecule has 1 nitrogen and oxygen atoms in total. The molecule has 5 rings (SSSR count). The highest BCUT2D eigenvalue weighted by atomic mass is 32.1. The van der Waals surface area contributed by atoms with Crippen LogP contribution in [0.2, 0.25) is 0 Å². The Hall–Kier alpha value is -2.36. The number of fused-ring (bicyclic) bond motifs is 3. The van der Waals surface area contributed by atoms with E-state index in [4.69, 9.17) is 0 Å². The number of hydrogen-bond acceptors (Lipinski definition) is 2. The maximum Gasteiger partial charge on any atom is 0.0500 e. The summed E-state index contributed by atoms with van der Waals surface area (Å²) >= 11 is 3.58. The SMILES string of the molecule is CCCCc1ccc2c([nH]c3ccccc32)c1CCCC.c1csc(-c2cccs2)c1. The summed E-state index contributed by atoms with van der Waals surface area (Å²) < 4.78 is 0. The van der Waals surface area contributed by atoms with Crippen LogP contribution in [0.1, 0.15) is 50.7 Å². The van der Waals surface area contributed by atoms with Gasteiger partial charge in [-0.1, -0.05) is 69.2 Å². The number of rotatable bonds is 7. The lowest BCUT2D eigenvalue weighted by Gasteiger charge is -2.10. The third kappa shape index (κ3) is 5.11. The molecule has 160 valence electrons. The Kier molecular flexibility index (Phi) is 7.61. The lowest BCUT2D eigenvalue weighted by Crippen LogP contribution is -1.96. The van der Waals surface area contributed by atoms with Crippen molar-refractivity contribution in [3.05, 3.63) is 82.6 Å². The van der Waals surface area contributed by atoms with E-state index in [0.717, 1.165) is 0 Å². The number of aryl methyl sites for hydroxylation is 2. The Labute approximate surface area is 193 Å². The van der Waals surface area contributed by atoms with E-state index < -0.39 is 0 Å². The van der Waals surface area contributed by atoms with E-state index in [2.05, 4.69) is 90.3 Å². The summed E-state index contributed by atoms with van der Waals surface area (Å²) in [6, 6.07) is 21.8. The van der Waals surface area contributed by atoms with Gasteiger partial charge in [0.05, 0.1) is 0 Å². The summed E-state index contributed by atoms with van der Waals surface area (Å²) in [5.41, 5.74) is 5.74. The molecule has 1 N–H and O–H groups in total. The van der Waals surface area contributed by atoms with Crippen molar-refractivity contribution in [3.8, 4) is 9.75 Å². The number of hydrogen-bond donors (Lipinski definition) is 1. The van der Waals surface area contributed by atoms with Crippen molar-refractivity contribution < 1.29 is 0 Å². The van der Waals surface area contributed by atoms with Crippen LogP contribution >= 0.6 is 22.7 Å². The normalized spacial score (nSPS) is 11.0. The highest BCUT2D eigenvalue weighted by Gasteiger charge is 2.11. The van der Waals surface area contributed by atoms with Crippen LogP contribution in [0, 0.1) is 0 Å². The predicted octanol–water partition coefficient (Wildman–Crippen LogP) is 9.48. The van der Waals surface area contributed by atoms with E-state index in [1.54, 1.807) is 33.8 Å². The first-order chi connectivity index (χ1) is 15.3. The molecule has 0 aliphatic rings. The van der Waals surface area contributed by atoms with E-state index in [-0.39, 0.29) is 0 Å². The molecule has 2 aromatic carbocycles. The molecule has 0 spiro atoms. The largest absolute Gasteiger partial charge is 0.354 e. The minimum absolute atomic E-state index is 1.19. The summed E-state index contributed by atoms with van der Waals surface area (Å²) in [6.07, 6.45) is 7.47. The minimum atomic E-state index is 1.19. The molecule has 0 atom stereocenters. The average Bonchev–Trinajstić information content (AvgIpc) is 3.57. The average molecular weight is 446 g/mol. The van der Waals surface area contributed by atoms with Crippen molar-refractivity contribution in [3.63, 3.8) is 0 Å². The van der Waals surface area contributed by atoms with E-state index in [9.17, 15) is 0 Å². The number of thiophene rings is 2. The van der Waals surface area contributed by atoms with Crippen molar-refractivity contribution >= 4 is 44.5 Å². The first-order valence-corrected chi connectivity index (χ1v) is 13.2. The molecular weight excluding hydrogens is 414 g/mol. The Morgan fingerprint density at radius 3 is 2.00 bits per heavy atom. The fourth-order valence-corrected chi connectivity index (χ4v) is 5.68. The van der Waals surface area contributed by atoms with E-state index in [1.165, 1.54) is 70.1 Å². The number of para-hydroxylation sites is 1. The maximum absolute atomic E-state index is 3.67. The smallest absolute Gasteiger partial charge is 0.0500 e. The second-order valence-electron chi connectivity index (χ2n) is 7.96. The second kappa shape index (κ2) is 10.8. The summed E-state index contributed by atoms with van der Waals surface area (Å²) in [6.45, 7) is 4.55. The Morgan fingerprint density at radius 2 is 1.35 bits per heavy atom. The number of benzene rings is 2. The second-order valence-corrected chi connectivity index (χ2v) is 9.85. The number of unbranched alkanes of at least 4 members (excludes halogenated alkanes) is 2. The Morgan fingerprint density at radius 1 is 0.677 bits per heavy atom. The fourth-order valence-electron chi connectivity index (χ4n) is 4.10. The van der Waals surface area contributed by atoms with Crippen LogP contribution in [-0.2, 0) is 12.8 Å². The Bertz CT molecular complexity index is 1160. The van der Waals surface area contributed by atoms with Gasteiger partial charge in [0.2, 0.25) is 0 Å². The van der Waals surface area contributed by atoms with Gasteiger partial charge in [0.1, 0.15) is 0 Å². The molecule has 3 aromatic heterocycles. The first-order valence-electron chi connectivity index (χ1n) is 11.4. The third-order valence-corrected chi connectivity index (χ3v) is 7.69. The molecule has 0 bridgehead atoms. The van der Waals surface area contributed by atoms with Gasteiger partial charge in [-0.15, -0.1) is 22.7 Å². The van der Waals surface area contributed by atoms with Crippen LogP contribution in [0.25, 0.3) is 31.6 Å². The standard InChI is InChI=1S/C20H25N.C8H6S2/c1-3-5-9-15-13-14-18-17-11-7-8-12-19(17)21-20(18)16(15)10-6-4-2;1-3-7(9-5-1)8-4-2-6-10-8/h7-8,11-14,21H,3-6,9-10H2,1-2H3;1-6H. The van der Waals surface area contributed by atoms with Crippen LogP contribution in [-0.4, -0.2) is 4.98 Å². The topological polar surface area (TPSA) is 15.8 Å². The summed E-state index contributed by atoms with van der Waals surface area (Å²) in [5.74, 6) is 0. The van der Waals surface area contributed by atoms with Crippen molar-refractivity contribution in [2.24, 2.45) is 0 Å². The predicted molar refractivity (Wildman–Crippen MR) is 141 cm³/mol. The molecular formula is C28H31NS2. The van der Waals surface area contributed by atoms with E-state index in [0.29, 0.717) is 0 Å². The molecule has 0 aliphatic carbocycles. The highest BCUT2D eigenvalue weighted by Crippen LogP contribution is 2.31. The maximum atomic E-state index is 3.67. The molecule has 0 amide bonds. The summed E-state index contributed by atoms with van der Waals surface area (Å²) in [7, 11) is 0. The van der Waals surface area contributed by atoms with Crippen LogP contribution in [0.3, 0.4) is 0 Å². The molecule has 5 aromatic rings. The highest BCUT2D eigenvalue weighted by molar-refractivity contribution is 7.20. The number of aromatic nitrogens is 1. The van der Waals surface area contributed by atoms with Crippen molar-refractivity contribution in [2.75, 3.05) is 0 Å². The van der Waals surface area contributed by atoms with E-state index in [1.807, 2.05) is 0 Å². The molecule has 3 heteroatoms. The third-order valence-electron chi connectivity index (χ3n) is 5.75. The van der Waals surface area contributed by atoms with Gasteiger partial charge in [0.25, 0.3) is 0 Å². The molecule has 0 saturated heterocycles. The fraction of sp³-hybridized carbons (Fsp3) is 0.286. The van der Waals surface area contributed by atoms with Crippen molar-refractivity contribution in [2.45, 2.75) is 52.4 Å². The van der Waals surface area contributed by atoms with Gasteiger partial charge in [-0.3, -0.25) is 0 Å². The quantitative estimate of drug-likeness (QED) is 0.257. The molecule has 0 saturated carbocycles. The molecule has 0 fully saturated rings. The lowest BCUT2D eigenvalue weighted by molar-refractivity contribution is 0.761. The van der Waals surface area contributed by atoms with Gasteiger partial charge in [-0.2, -0.15) is 0 Å². The number of nitrogens with one attached hydrogen (secondary N) is 1. The van der Waals surface area contributed by atoms with Crippen LogP contribution in [0.4, 0.5) is 0 Å². The molecule has 0 unspecified atom stereocenters. The Balaban J connectivity index is 0.000000192. The zero-order chi connectivity index (χ0) is 21.5. The van der Waals surface area contributed by atoms with Gasteiger partial charge in [-0.25, -0.2) is 0 Å². The van der Waals surface area contributed by atoms with Gasteiger partial charge in [0, 0.05) is 31.6 Å². The number of aromatic amines is 1. The summed E-state index contributed by atoms with van der Waals surface area (Å²) in [5, 5.41) is 6.95. The lowest BCUT2D eigenvalue weighted by atomic mass is 9.95. The van der Waals surface area contributed by atoms with Crippen LogP contribution in [0.5, 0.6) is 0 Å². The number of H-pyrrole nitrogens is 1. The van der Waals surface area contributed by atoms with Gasteiger partial charge < -0.3 is 4.98 Å². The molecule has 3 heterocycles. The minimum Gasteiger partial charge on any atom is -0.354 e. The molecule has 0 aliphatic heterocycles. The van der Waals surface area contributed by atoms with Gasteiger partial charge >= 0.3 is 0 Å². The van der Waals surface area contributed by atoms with Crippen molar-refractivity contribution in [1.82, 2.24) is 4.98 Å². The van der Waals surface area contributed by atoms with Crippen LogP contribution < -0.4 is 0 Å². The summed E-state index contributed by atoms with van der Waals surface area (Å²) in [4.78, 5) is 6.41. The monoisotopic (exact) mass is 445 g/mol. The molecule has 31 heavy (non-hydrogen) atoms. The van der Waals surface area contributed by atoms with Gasteiger partial charge in [-0.05, 0) is 65.8 Å². The van der Waals surface area contributed by atoms with Crippen molar-refractivity contribution in [1.29, 1.82) is 0 Å². The van der Waals surface area contributed by atoms with Crippen LogP contribution in [0.15, 0.2) is 71.4 Å². The van der Waals surface area contributed by atoms with Gasteiger partial charge in [0.15, 0.2) is 0 Å². The van der Waals surface area contributed by atoms with E-state index >= 15 is 0 Å².